The summed E-state index contributed by atoms with van der Waals surface area (Å²) in [6.07, 6.45) is 0. The van der Waals surface area contributed by atoms with E-state index in [1.165, 1.54) is 4.90 Å². The molecule has 0 aliphatic rings. The molecule has 0 spiro atoms. The van der Waals surface area contributed by atoms with Crippen LogP contribution < -0.4 is 4.90 Å². The molecule has 21 heavy (non-hydrogen) atoms. The second kappa shape index (κ2) is 6.74. The molecule has 0 saturated carbocycles. The Morgan fingerprint density at radius 1 is 1.14 bits per heavy atom. The predicted octanol–water partition coefficient (Wildman–Crippen LogP) is 3.83. The third-order valence-corrected chi connectivity index (χ3v) is 3.66. The van der Waals surface area contributed by atoms with E-state index < -0.39 is 18.4 Å². The quantitative estimate of drug-likeness (QED) is 0.892. The Bertz CT molecular complexity index is 676. The van der Waals surface area contributed by atoms with Crippen LogP contribution in [0.25, 0.3) is 0 Å². The van der Waals surface area contributed by atoms with Crippen molar-refractivity contribution >= 4 is 45.1 Å². The fourth-order valence-corrected chi connectivity index (χ4v) is 2.68. The summed E-state index contributed by atoms with van der Waals surface area (Å²) >= 11 is 9.13. The molecule has 0 unspecified atom stereocenters. The standard InChI is InChI=1S/C15H11BrClNO3/c16-13-8-10(17)6-7-12(13)15(21)18(9-14(19)20)11-4-2-1-3-5-11/h1-8H,9H2,(H,19,20). The van der Waals surface area contributed by atoms with Gasteiger partial charge < -0.3 is 5.11 Å². The third-order valence-electron chi connectivity index (χ3n) is 2.77. The molecular formula is C15H11BrClNO3. The largest absolute Gasteiger partial charge is 0.480 e. The SMILES string of the molecule is O=C(O)CN(C(=O)c1ccc(Cl)cc1Br)c1ccccc1. The Kier molecular flexibility index (Phi) is 4.98. The van der Waals surface area contributed by atoms with Gasteiger partial charge in [-0.3, -0.25) is 14.5 Å². The van der Waals surface area contributed by atoms with Crippen LogP contribution in [-0.4, -0.2) is 23.5 Å². The van der Waals surface area contributed by atoms with Gasteiger partial charge in [0.25, 0.3) is 5.91 Å². The van der Waals surface area contributed by atoms with Crippen LogP contribution in [0.3, 0.4) is 0 Å². The predicted molar refractivity (Wildman–Crippen MR) is 84.9 cm³/mol. The van der Waals surface area contributed by atoms with Gasteiger partial charge in [0, 0.05) is 15.2 Å². The second-order valence-corrected chi connectivity index (χ2v) is 5.54. The average Bonchev–Trinajstić information content (AvgIpc) is 2.45. The maximum absolute atomic E-state index is 12.6. The van der Waals surface area contributed by atoms with Crippen LogP contribution in [0.1, 0.15) is 10.4 Å². The van der Waals surface area contributed by atoms with Gasteiger partial charge in [-0.25, -0.2) is 0 Å². The highest BCUT2D eigenvalue weighted by Crippen LogP contribution is 2.25. The van der Waals surface area contributed by atoms with Crippen molar-refractivity contribution in [1.29, 1.82) is 0 Å². The van der Waals surface area contributed by atoms with Crippen LogP contribution in [-0.2, 0) is 4.79 Å². The number of anilines is 1. The van der Waals surface area contributed by atoms with Crippen LogP contribution in [0.2, 0.25) is 5.02 Å². The third kappa shape index (κ3) is 3.83. The zero-order valence-corrected chi connectivity index (χ0v) is 13.1. The van der Waals surface area contributed by atoms with Crippen molar-refractivity contribution in [3.63, 3.8) is 0 Å². The lowest BCUT2D eigenvalue weighted by molar-refractivity contribution is -0.135. The van der Waals surface area contributed by atoms with Crippen molar-refractivity contribution in [1.82, 2.24) is 0 Å². The minimum atomic E-state index is -1.09. The van der Waals surface area contributed by atoms with Crippen LogP contribution in [0.15, 0.2) is 53.0 Å². The lowest BCUT2D eigenvalue weighted by Crippen LogP contribution is -2.35. The van der Waals surface area contributed by atoms with Gasteiger partial charge in [0.2, 0.25) is 0 Å². The monoisotopic (exact) mass is 367 g/mol. The van der Waals surface area contributed by atoms with Crippen LogP contribution >= 0.6 is 27.5 Å². The summed E-state index contributed by atoms with van der Waals surface area (Å²) in [7, 11) is 0. The molecule has 1 amide bonds. The number of hydrogen-bond acceptors (Lipinski definition) is 2. The highest BCUT2D eigenvalue weighted by Gasteiger charge is 2.22. The summed E-state index contributed by atoms with van der Waals surface area (Å²) in [5.74, 6) is -1.50. The highest BCUT2D eigenvalue weighted by atomic mass is 79.9. The van der Waals surface area contributed by atoms with Crippen molar-refractivity contribution in [2.45, 2.75) is 0 Å². The molecule has 0 radical (unpaired) electrons. The molecule has 0 fully saturated rings. The summed E-state index contributed by atoms with van der Waals surface area (Å²) in [5.41, 5.74) is 0.872. The zero-order chi connectivity index (χ0) is 15.4. The van der Waals surface area contributed by atoms with Gasteiger partial charge in [-0.2, -0.15) is 0 Å². The molecule has 0 bridgehead atoms. The lowest BCUT2D eigenvalue weighted by Gasteiger charge is -2.21. The van der Waals surface area contributed by atoms with Gasteiger partial charge in [-0.1, -0.05) is 29.8 Å². The number of amides is 1. The molecule has 2 rings (SSSR count). The van der Waals surface area contributed by atoms with Crippen molar-refractivity contribution in [3.05, 3.63) is 63.6 Å². The molecule has 2 aromatic rings. The van der Waals surface area contributed by atoms with Crippen molar-refractivity contribution in [2.75, 3.05) is 11.4 Å². The number of hydrogen-bond donors (Lipinski definition) is 1. The molecule has 0 aliphatic carbocycles. The van der Waals surface area contributed by atoms with Gasteiger partial charge in [0.1, 0.15) is 6.54 Å². The van der Waals surface area contributed by atoms with E-state index in [1.54, 1.807) is 48.5 Å². The topological polar surface area (TPSA) is 57.6 Å². The van der Waals surface area contributed by atoms with Crippen LogP contribution in [0, 0.1) is 0 Å². The smallest absolute Gasteiger partial charge is 0.323 e. The van der Waals surface area contributed by atoms with Crippen LogP contribution in [0.5, 0.6) is 0 Å². The van der Waals surface area contributed by atoms with Crippen molar-refractivity contribution < 1.29 is 14.7 Å². The normalized spacial score (nSPS) is 10.2. The van der Waals surface area contributed by atoms with Gasteiger partial charge in [0.05, 0.1) is 5.56 Å². The number of rotatable bonds is 4. The highest BCUT2D eigenvalue weighted by molar-refractivity contribution is 9.10. The number of para-hydroxylation sites is 1. The minimum Gasteiger partial charge on any atom is -0.480 e. The van der Waals surface area contributed by atoms with Gasteiger partial charge >= 0.3 is 5.97 Å². The fourth-order valence-electron chi connectivity index (χ4n) is 1.83. The number of carboxylic acid groups (broad SMARTS) is 1. The first kappa shape index (κ1) is 15.5. The first-order chi connectivity index (χ1) is 9.99. The second-order valence-electron chi connectivity index (χ2n) is 4.24. The molecule has 0 saturated heterocycles. The average molecular weight is 369 g/mol. The summed E-state index contributed by atoms with van der Waals surface area (Å²) in [4.78, 5) is 24.8. The number of nitrogens with zero attached hydrogens (tertiary/aromatic N) is 1. The number of carboxylic acids is 1. The molecule has 6 heteroatoms. The van der Waals surface area contributed by atoms with E-state index in [0.717, 1.165) is 0 Å². The number of carbonyl (C=O) groups is 2. The molecule has 2 aromatic carbocycles. The maximum atomic E-state index is 12.6. The number of aliphatic carboxylic acids is 1. The molecule has 1 N–H and O–H groups in total. The molecule has 108 valence electrons. The maximum Gasteiger partial charge on any atom is 0.323 e. The number of benzene rings is 2. The van der Waals surface area contributed by atoms with E-state index >= 15 is 0 Å². The fraction of sp³-hybridized carbons (Fsp3) is 0.0667. The van der Waals surface area contributed by atoms with Crippen LogP contribution in [0.4, 0.5) is 5.69 Å². The van der Waals surface area contributed by atoms with E-state index in [-0.39, 0.29) is 0 Å². The van der Waals surface area contributed by atoms with E-state index in [2.05, 4.69) is 15.9 Å². The van der Waals surface area contributed by atoms with Gasteiger partial charge in [-0.05, 0) is 46.3 Å². The molecule has 0 aromatic heterocycles. The zero-order valence-electron chi connectivity index (χ0n) is 10.8. The first-order valence-corrected chi connectivity index (χ1v) is 7.20. The van der Waals surface area contributed by atoms with E-state index in [0.29, 0.717) is 20.7 Å². The Morgan fingerprint density at radius 3 is 2.38 bits per heavy atom. The lowest BCUT2D eigenvalue weighted by atomic mass is 10.1. The van der Waals surface area contributed by atoms with E-state index in [9.17, 15) is 9.59 Å². The number of halogens is 2. The Morgan fingerprint density at radius 2 is 1.81 bits per heavy atom. The van der Waals surface area contributed by atoms with Crippen molar-refractivity contribution in [2.24, 2.45) is 0 Å². The summed E-state index contributed by atoms with van der Waals surface area (Å²) in [6.45, 7) is -0.419. The summed E-state index contributed by atoms with van der Waals surface area (Å²) in [6, 6.07) is 13.4. The summed E-state index contributed by atoms with van der Waals surface area (Å²) < 4.78 is 0.520. The Hall–Kier alpha value is -1.85. The molecular weight excluding hydrogens is 358 g/mol. The molecule has 0 aliphatic heterocycles. The van der Waals surface area contributed by atoms with Crippen molar-refractivity contribution in [3.8, 4) is 0 Å². The Labute approximate surface area is 135 Å². The van der Waals surface area contributed by atoms with E-state index in [4.69, 9.17) is 16.7 Å². The van der Waals surface area contributed by atoms with Gasteiger partial charge in [0.15, 0.2) is 0 Å². The summed E-state index contributed by atoms with van der Waals surface area (Å²) in [5, 5.41) is 9.52. The molecule has 4 nitrogen and oxygen atoms in total. The molecule has 0 heterocycles. The number of carbonyl (C=O) groups excluding carboxylic acids is 1. The minimum absolute atomic E-state index is 0.351. The molecule has 0 atom stereocenters. The first-order valence-electron chi connectivity index (χ1n) is 6.03. The Balaban J connectivity index is 2.41. The van der Waals surface area contributed by atoms with Gasteiger partial charge in [-0.15, -0.1) is 0 Å². The van der Waals surface area contributed by atoms with E-state index in [1.807, 2.05) is 0 Å².